The molecule has 1 heterocycles. The summed E-state index contributed by atoms with van der Waals surface area (Å²) in [6.45, 7) is 0.0729. The molecule has 0 saturated heterocycles. The van der Waals surface area contributed by atoms with Crippen molar-refractivity contribution in [3.63, 3.8) is 0 Å². The van der Waals surface area contributed by atoms with Gasteiger partial charge in [-0.2, -0.15) is 0 Å². The van der Waals surface area contributed by atoms with E-state index >= 15 is 0 Å². The van der Waals surface area contributed by atoms with Gasteiger partial charge in [0.15, 0.2) is 6.61 Å². The summed E-state index contributed by atoms with van der Waals surface area (Å²) in [5.41, 5.74) is 8.49. The monoisotopic (exact) mass is 275 g/mol. The first-order chi connectivity index (χ1) is 9.65. The number of carbonyl (C=O) groups is 1. The lowest BCUT2D eigenvalue weighted by Crippen LogP contribution is -2.34. The highest BCUT2D eigenvalue weighted by molar-refractivity contribution is 5.97. The van der Waals surface area contributed by atoms with Crippen LogP contribution in [0.3, 0.4) is 0 Å². The van der Waals surface area contributed by atoms with Gasteiger partial charge in [-0.15, -0.1) is 0 Å². The number of nitrogens with two attached hydrogens (primary N) is 1. The Morgan fingerprint density at radius 1 is 1.30 bits per heavy atom. The van der Waals surface area contributed by atoms with Crippen molar-refractivity contribution in [1.29, 1.82) is 0 Å². The van der Waals surface area contributed by atoms with Gasteiger partial charge in [-0.05, 0) is 18.9 Å². The zero-order valence-corrected chi connectivity index (χ0v) is 11.8. The molecule has 3 rings (SSSR count). The van der Waals surface area contributed by atoms with Crippen LogP contribution in [0.2, 0.25) is 0 Å². The fraction of sp³-hybridized carbons (Fsp3) is 0.533. The summed E-state index contributed by atoms with van der Waals surface area (Å²) in [7, 11) is 2.09. The lowest BCUT2D eigenvalue weighted by molar-refractivity contribution is -0.118. The summed E-state index contributed by atoms with van der Waals surface area (Å²) in [5, 5.41) is 2.78. The molecule has 1 amide bonds. The van der Waals surface area contributed by atoms with Crippen LogP contribution in [-0.2, 0) is 4.79 Å². The first-order valence-electron chi connectivity index (χ1n) is 7.24. The van der Waals surface area contributed by atoms with E-state index in [1.807, 2.05) is 6.07 Å². The molecule has 1 aromatic carbocycles. The van der Waals surface area contributed by atoms with E-state index in [0.717, 1.165) is 5.69 Å². The van der Waals surface area contributed by atoms with Crippen molar-refractivity contribution in [3.8, 4) is 5.75 Å². The van der Waals surface area contributed by atoms with Crippen molar-refractivity contribution in [2.45, 2.75) is 38.1 Å². The maximum Gasteiger partial charge on any atom is 0.262 e. The van der Waals surface area contributed by atoms with Gasteiger partial charge >= 0.3 is 0 Å². The highest BCUT2D eigenvalue weighted by Crippen LogP contribution is 2.38. The number of nitrogen functional groups attached to an aromatic ring is 1. The van der Waals surface area contributed by atoms with Gasteiger partial charge < -0.3 is 20.7 Å². The second kappa shape index (κ2) is 5.23. The van der Waals surface area contributed by atoms with Crippen molar-refractivity contribution in [1.82, 2.24) is 0 Å². The summed E-state index contributed by atoms with van der Waals surface area (Å²) in [6, 6.07) is 4.28. The van der Waals surface area contributed by atoms with Gasteiger partial charge in [-0.3, -0.25) is 4.79 Å². The predicted octanol–water partition coefficient (Wildman–Crippen LogP) is 2.37. The van der Waals surface area contributed by atoms with E-state index in [4.69, 9.17) is 10.5 Å². The molecule has 2 aliphatic rings. The number of carbonyl (C=O) groups excluding carboxylic acids is 1. The molecule has 0 radical (unpaired) electrons. The number of hydrogen-bond donors (Lipinski definition) is 2. The minimum Gasteiger partial charge on any atom is -0.482 e. The molecule has 3 N–H and O–H groups in total. The minimum absolute atomic E-state index is 0.0729. The van der Waals surface area contributed by atoms with Crippen LogP contribution in [0.25, 0.3) is 0 Å². The number of fused-ring (bicyclic) bond motifs is 1. The van der Waals surface area contributed by atoms with Crippen LogP contribution in [0.15, 0.2) is 12.1 Å². The van der Waals surface area contributed by atoms with Crippen LogP contribution in [0.5, 0.6) is 5.75 Å². The maximum absolute atomic E-state index is 11.3. The fourth-order valence-electron chi connectivity index (χ4n) is 3.10. The van der Waals surface area contributed by atoms with Gasteiger partial charge in [0.1, 0.15) is 5.75 Å². The molecule has 1 fully saturated rings. The maximum atomic E-state index is 11.3. The van der Waals surface area contributed by atoms with Gasteiger partial charge in [0, 0.05) is 19.2 Å². The number of ether oxygens (including phenoxy) is 1. The highest BCUT2D eigenvalue weighted by Gasteiger charge is 2.23. The molecule has 0 spiro atoms. The smallest absolute Gasteiger partial charge is 0.262 e. The van der Waals surface area contributed by atoms with E-state index in [1.165, 1.54) is 32.1 Å². The van der Waals surface area contributed by atoms with E-state index < -0.39 is 0 Å². The molecule has 5 nitrogen and oxygen atoms in total. The van der Waals surface area contributed by atoms with E-state index in [0.29, 0.717) is 23.2 Å². The first-order valence-corrected chi connectivity index (χ1v) is 7.24. The van der Waals surface area contributed by atoms with Crippen LogP contribution in [0.4, 0.5) is 17.1 Å². The molecule has 0 aromatic heterocycles. The Kier molecular flexibility index (Phi) is 3.42. The largest absolute Gasteiger partial charge is 0.482 e. The average Bonchev–Trinajstić information content (AvgIpc) is 2.46. The Labute approximate surface area is 119 Å². The Morgan fingerprint density at radius 3 is 2.80 bits per heavy atom. The van der Waals surface area contributed by atoms with E-state index in [2.05, 4.69) is 17.3 Å². The topological polar surface area (TPSA) is 67.6 Å². The normalized spacial score (nSPS) is 18.9. The third kappa shape index (κ3) is 2.40. The predicted molar refractivity (Wildman–Crippen MR) is 80.3 cm³/mol. The fourth-order valence-corrected chi connectivity index (χ4v) is 3.10. The Balaban J connectivity index is 1.87. The third-order valence-electron chi connectivity index (χ3n) is 4.26. The van der Waals surface area contributed by atoms with Gasteiger partial charge in [-0.25, -0.2) is 0 Å². The number of rotatable bonds is 2. The van der Waals surface area contributed by atoms with Crippen molar-refractivity contribution in [2.75, 3.05) is 29.6 Å². The molecule has 20 heavy (non-hydrogen) atoms. The molecular weight excluding hydrogens is 254 g/mol. The molecule has 1 aliphatic heterocycles. The Morgan fingerprint density at radius 2 is 2.05 bits per heavy atom. The van der Waals surface area contributed by atoms with Crippen molar-refractivity contribution in [3.05, 3.63) is 12.1 Å². The summed E-state index contributed by atoms with van der Waals surface area (Å²) in [4.78, 5) is 13.6. The molecule has 0 unspecified atom stereocenters. The zero-order valence-electron chi connectivity index (χ0n) is 11.8. The first kappa shape index (κ1) is 13.1. The number of nitrogens with one attached hydrogen (secondary N) is 1. The van der Waals surface area contributed by atoms with Crippen molar-refractivity contribution in [2.24, 2.45) is 0 Å². The number of amides is 1. The lowest BCUT2D eigenvalue weighted by atomic mass is 9.94. The molecule has 1 aromatic rings. The van der Waals surface area contributed by atoms with Gasteiger partial charge in [-0.1, -0.05) is 19.3 Å². The van der Waals surface area contributed by atoms with Crippen LogP contribution in [0.1, 0.15) is 32.1 Å². The van der Waals surface area contributed by atoms with Gasteiger partial charge in [0.05, 0.1) is 17.1 Å². The standard InChI is InChI=1S/C15H21N3O2/c1-18(10-5-3-2-4-6-10)13-8-14-12(7-11(13)16)17-15(19)9-20-14/h7-8,10H,2-6,9,16H2,1H3,(H,17,19). The lowest BCUT2D eigenvalue weighted by Gasteiger charge is -2.34. The Hall–Kier alpha value is -1.91. The second-order valence-electron chi connectivity index (χ2n) is 5.65. The SMILES string of the molecule is CN(c1cc2c(cc1N)NC(=O)CO2)C1CCCCC1. The summed E-state index contributed by atoms with van der Waals surface area (Å²) >= 11 is 0. The van der Waals surface area contributed by atoms with Gasteiger partial charge in [0.2, 0.25) is 0 Å². The highest BCUT2D eigenvalue weighted by atomic mass is 16.5. The summed E-state index contributed by atoms with van der Waals surface area (Å²) < 4.78 is 5.47. The van der Waals surface area contributed by atoms with Crippen LogP contribution in [0, 0.1) is 0 Å². The van der Waals surface area contributed by atoms with Crippen molar-refractivity contribution >= 4 is 23.0 Å². The number of hydrogen-bond acceptors (Lipinski definition) is 4. The Bertz CT molecular complexity index is 524. The molecule has 5 heteroatoms. The molecule has 1 aliphatic carbocycles. The molecule has 0 bridgehead atoms. The van der Waals surface area contributed by atoms with Gasteiger partial charge in [0.25, 0.3) is 5.91 Å². The third-order valence-corrected chi connectivity index (χ3v) is 4.26. The average molecular weight is 275 g/mol. The van der Waals surface area contributed by atoms with Crippen LogP contribution >= 0.6 is 0 Å². The van der Waals surface area contributed by atoms with E-state index in [9.17, 15) is 4.79 Å². The van der Waals surface area contributed by atoms with Crippen LogP contribution < -0.4 is 20.7 Å². The number of anilines is 3. The quantitative estimate of drug-likeness (QED) is 0.813. The minimum atomic E-state index is -0.134. The van der Waals surface area contributed by atoms with Crippen LogP contribution in [-0.4, -0.2) is 25.6 Å². The number of nitrogens with zero attached hydrogens (tertiary/aromatic N) is 1. The molecular formula is C15H21N3O2. The van der Waals surface area contributed by atoms with E-state index in [1.54, 1.807) is 6.07 Å². The summed E-state index contributed by atoms with van der Waals surface area (Å²) in [6.07, 6.45) is 6.33. The summed E-state index contributed by atoms with van der Waals surface area (Å²) in [5.74, 6) is 0.571. The second-order valence-corrected chi connectivity index (χ2v) is 5.65. The molecule has 1 saturated carbocycles. The molecule has 0 atom stereocenters. The zero-order chi connectivity index (χ0) is 14.1. The molecule has 108 valence electrons. The number of benzene rings is 1. The van der Waals surface area contributed by atoms with Crippen molar-refractivity contribution < 1.29 is 9.53 Å². The van der Waals surface area contributed by atoms with E-state index in [-0.39, 0.29) is 12.5 Å².